The molecule has 3 N–H and O–H groups in total. The van der Waals surface area contributed by atoms with Crippen LogP contribution in [0.25, 0.3) is 0 Å². The van der Waals surface area contributed by atoms with E-state index in [-0.39, 0.29) is 11.5 Å². The zero-order valence-electron chi connectivity index (χ0n) is 10.8. The van der Waals surface area contributed by atoms with Crippen molar-refractivity contribution in [2.75, 3.05) is 11.1 Å². The van der Waals surface area contributed by atoms with Crippen LogP contribution in [-0.4, -0.2) is 15.7 Å². The molecule has 0 aliphatic carbocycles. The van der Waals surface area contributed by atoms with E-state index < -0.39 is 5.91 Å². The second-order valence-electron chi connectivity index (χ2n) is 4.21. The van der Waals surface area contributed by atoms with E-state index in [1.807, 2.05) is 6.92 Å². The van der Waals surface area contributed by atoms with Crippen LogP contribution in [0.5, 0.6) is 0 Å². The molecule has 100 valence electrons. The molecule has 2 aromatic rings. The quantitative estimate of drug-likeness (QED) is 0.890. The minimum atomic E-state index is -0.407. The maximum Gasteiger partial charge on any atom is 0.278 e. The Hall–Kier alpha value is -2.37. The third kappa shape index (κ3) is 2.73. The molecule has 0 fully saturated rings. The summed E-state index contributed by atoms with van der Waals surface area (Å²) >= 11 is 0. The van der Waals surface area contributed by atoms with E-state index in [0.29, 0.717) is 23.5 Å². The van der Waals surface area contributed by atoms with Crippen LogP contribution in [0.2, 0.25) is 0 Å². The predicted octanol–water partition coefficient (Wildman–Crippen LogP) is 2.19. The van der Waals surface area contributed by atoms with E-state index in [0.717, 1.165) is 0 Å². The van der Waals surface area contributed by atoms with Crippen LogP contribution in [0.15, 0.2) is 24.4 Å². The van der Waals surface area contributed by atoms with Gasteiger partial charge in [0.2, 0.25) is 0 Å². The lowest BCUT2D eigenvalue weighted by Crippen LogP contribution is -2.15. The van der Waals surface area contributed by atoms with Gasteiger partial charge in [0.15, 0.2) is 5.69 Å². The Kier molecular flexibility index (Phi) is 3.50. The maximum atomic E-state index is 13.1. The average Bonchev–Trinajstić information content (AvgIpc) is 2.75. The summed E-state index contributed by atoms with van der Waals surface area (Å²) in [4.78, 5) is 12.0. The van der Waals surface area contributed by atoms with Gasteiger partial charge in [-0.2, -0.15) is 5.10 Å². The largest absolute Gasteiger partial charge is 0.396 e. The Labute approximate surface area is 110 Å². The topological polar surface area (TPSA) is 72.9 Å². The fourth-order valence-electron chi connectivity index (χ4n) is 1.69. The van der Waals surface area contributed by atoms with Gasteiger partial charge in [-0.3, -0.25) is 9.48 Å². The summed E-state index contributed by atoms with van der Waals surface area (Å²) in [6.45, 7) is 4.16. The minimum Gasteiger partial charge on any atom is -0.396 e. The maximum absolute atomic E-state index is 13.1. The van der Waals surface area contributed by atoms with Crippen LogP contribution in [0.3, 0.4) is 0 Å². The Bertz CT molecular complexity index is 621. The van der Waals surface area contributed by atoms with E-state index >= 15 is 0 Å². The molecule has 0 atom stereocenters. The summed E-state index contributed by atoms with van der Waals surface area (Å²) < 4.78 is 14.7. The first-order chi connectivity index (χ1) is 9.01. The van der Waals surface area contributed by atoms with Gasteiger partial charge in [-0.15, -0.1) is 0 Å². The highest BCUT2D eigenvalue weighted by atomic mass is 19.1. The molecule has 2 rings (SSSR count). The molecule has 0 saturated heterocycles. The molecule has 0 bridgehead atoms. The zero-order valence-corrected chi connectivity index (χ0v) is 10.8. The fourth-order valence-corrected chi connectivity index (χ4v) is 1.69. The number of nitrogens with zero attached hydrogens (tertiary/aromatic N) is 2. The molecule has 0 radical (unpaired) electrons. The van der Waals surface area contributed by atoms with Crippen molar-refractivity contribution in [1.29, 1.82) is 0 Å². The highest BCUT2D eigenvalue weighted by Gasteiger charge is 2.15. The van der Waals surface area contributed by atoms with E-state index in [9.17, 15) is 9.18 Å². The number of benzene rings is 1. The number of anilines is 2. The van der Waals surface area contributed by atoms with Crippen LogP contribution >= 0.6 is 0 Å². The number of amides is 1. The number of halogens is 1. The van der Waals surface area contributed by atoms with Gasteiger partial charge in [0.25, 0.3) is 5.91 Å². The number of aryl methyl sites for hydroxylation is 2. The van der Waals surface area contributed by atoms with Gasteiger partial charge in [-0.25, -0.2) is 4.39 Å². The third-order valence-electron chi connectivity index (χ3n) is 2.74. The average molecular weight is 262 g/mol. The minimum absolute atomic E-state index is 0.170. The first kappa shape index (κ1) is 13.1. The number of hydrogen-bond acceptors (Lipinski definition) is 3. The van der Waals surface area contributed by atoms with Gasteiger partial charge in [0.05, 0.1) is 5.69 Å². The summed E-state index contributed by atoms with van der Waals surface area (Å²) in [6.07, 6.45) is 1.60. The number of nitrogen functional groups attached to an aromatic ring is 1. The van der Waals surface area contributed by atoms with Crippen molar-refractivity contribution in [2.45, 2.75) is 20.4 Å². The molecule has 0 aliphatic rings. The molecule has 1 aromatic carbocycles. The van der Waals surface area contributed by atoms with Gasteiger partial charge in [-0.05, 0) is 37.6 Å². The van der Waals surface area contributed by atoms with Crippen LogP contribution in [0.1, 0.15) is 23.0 Å². The van der Waals surface area contributed by atoms with Crippen molar-refractivity contribution in [1.82, 2.24) is 9.78 Å². The number of rotatable bonds is 3. The van der Waals surface area contributed by atoms with Crippen molar-refractivity contribution in [3.63, 3.8) is 0 Å². The van der Waals surface area contributed by atoms with E-state index in [1.54, 1.807) is 23.9 Å². The molecule has 0 aliphatic heterocycles. The SMILES string of the molecule is CCn1cc(N)c(C(=O)Nc2ccc(F)c(C)c2)n1. The van der Waals surface area contributed by atoms with Crippen LogP contribution < -0.4 is 11.1 Å². The molecule has 0 unspecified atom stereocenters. The van der Waals surface area contributed by atoms with Gasteiger partial charge < -0.3 is 11.1 Å². The third-order valence-corrected chi connectivity index (χ3v) is 2.74. The number of carbonyl (C=O) groups is 1. The summed E-state index contributed by atoms with van der Waals surface area (Å²) in [7, 11) is 0. The Balaban J connectivity index is 2.20. The highest BCUT2D eigenvalue weighted by molar-refractivity contribution is 6.06. The Morgan fingerprint density at radius 2 is 2.26 bits per heavy atom. The van der Waals surface area contributed by atoms with Crippen molar-refractivity contribution >= 4 is 17.3 Å². The van der Waals surface area contributed by atoms with Crippen LogP contribution in [0.4, 0.5) is 15.8 Å². The van der Waals surface area contributed by atoms with Gasteiger partial charge in [0.1, 0.15) is 5.82 Å². The molecule has 6 heteroatoms. The molecular formula is C13H15FN4O. The summed E-state index contributed by atoms with van der Waals surface area (Å²) in [5.74, 6) is -0.719. The summed E-state index contributed by atoms with van der Waals surface area (Å²) in [5, 5.41) is 6.71. The van der Waals surface area contributed by atoms with Gasteiger partial charge >= 0.3 is 0 Å². The molecule has 0 spiro atoms. The van der Waals surface area contributed by atoms with Crippen molar-refractivity contribution in [3.8, 4) is 0 Å². The van der Waals surface area contributed by atoms with Gasteiger partial charge in [-0.1, -0.05) is 0 Å². The van der Waals surface area contributed by atoms with Crippen molar-refractivity contribution in [3.05, 3.63) is 41.5 Å². The standard InChI is InChI=1S/C13H15FN4O/c1-3-18-7-11(15)12(17-18)13(19)16-9-4-5-10(14)8(2)6-9/h4-7H,3,15H2,1-2H3,(H,16,19). The second-order valence-corrected chi connectivity index (χ2v) is 4.21. The van der Waals surface area contributed by atoms with E-state index in [2.05, 4.69) is 10.4 Å². The lowest BCUT2D eigenvalue weighted by Gasteiger charge is -2.05. The number of nitrogens with two attached hydrogens (primary N) is 1. The first-order valence-electron chi connectivity index (χ1n) is 5.91. The Morgan fingerprint density at radius 1 is 1.53 bits per heavy atom. The van der Waals surface area contributed by atoms with E-state index in [1.165, 1.54) is 12.1 Å². The van der Waals surface area contributed by atoms with Crippen LogP contribution in [0, 0.1) is 12.7 Å². The zero-order chi connectivity index (χ0) is 14.0. The predicted molar refractivity (Wildman–Crippen MR) is 71.4 cm³/mol. The van der Waals surface area contributed by atoms with Crippen molar-refractivity contribution in [2.24, 2.45) is 0 Å². The molecule has 5 nitrogen and oxygen atoms in total. The first-order valence-corrected chi connectivity index (χ1v) is 5.91. The molecule has 1 aromatic heterocycles. The number of carbonyl (C=O) groups excluding carboxylic acids is 1. The molecule has 0 saturated carbocycles. The molecule has 1 heterocycles. The monoisotopic (exact) mass is 262 g/mol. The lowest BCUT2D eigenvalue weighted by atomic mass is 10.2. The fraction of sp³-hybridized carbons (Fsp3) is 0.231. The summed E-state index contributed by atoms with van der Waals surface area (Å²) in [6, 6.07) is 4.35. The molecule has 19 heavy (non-hydrogen) atoms. The lowest BCUT2D eigenvalue weighted by molar-refractivity contribution is 0.102. The molecule has 1 amide bonds. The van der Waals surface area contributed by atoms with Crippen LogP contribution in [-0.2, 0) is 6.54 Å². The van der Waals surface area contributed by atoms with Crippen molar-refractivity contribution < 1.29 is 9.18 Å². The number of nitrogens with one attached hydrogen (secondary N) is 1. The normalized spacial score (nSPS) is 10.5. The van der Waals surface area contributed by atoms with E-state index in [4.69, 9.17) is 5.73 Å². The Morgan fingerprint density at radius 3 is 2.84 bits per heavy atom. The highest BCUT2D eigenvalue weighted by Crippen LogP contribution is 2.16. The second kappa shape index (κ2) is 5.09. The summed E-state index contributed by atoms with van der Waals surface area (Å²) in [5.41, 5.74) is 7.18. The smallest absolute Gasteiger partial charge is 0.278 e. The number of aromatic nitrogens is 2. The van der Waals surface area contributed by atoms with Gasteiger partial charge in [0, 0.05) is 18.4 Å². The number of hydrogen-bond donors (Lipinski definition) is 2. The molecular weight excluding hydrogens is 247 g/mol.